The molecule has 0 saturated carbocycles. The average molecular weight is 489 g/mol. The SMILES string of the molecule is COc1ccc(NC(=O)CC(NS(=O)(=O)c2ccc(Br)cc2)c2ccccc2)cc1. The predicted octanol–water partition coefficient (Wildman–Crippen LogP) is 4.51. The number of hydrogen-bond donors (Lipinski definition) is 2. The average Bonchev–Trinajstić information content (AvgIpc) is 2.74. The highest BCUT2D eigenvalue weighted by Crippen LogP contribution is 2.23. The van der Waals surface area contributed by atoms with E-state index in [1.165, 1.54) is 12.1 Å². The normalized spacial score (nSPS) is 12.2. The second kappa shape index (κ2) is 9.88. The summed E-state index contributed by atoms with van der Waals surface area (Å²) in [6.45, 7) is 0. The fraction of sp³-hybridized carbons (Fsp3) is 0.136. The summed E-state index contributed by atoms with van der Waals surface area (Å²) in [7, 11) is -2.25. The van der Waals surface area contributed by atoms with Gasteiger partial charge in [0.15, 0.2) is 0 Å². The predicted molar refractivity (Wildman–Crippen MR) is 120 cm³/mol. The molecule has 30 heavy (non-hydrogen) atoms. The Balaban J connectivity index is 1.78. The van der Waals surface area contributed by atoms with Crippen molar-refractivity contribution in [3.05, 3.63) is 88.9 Å². The van der Waals surface area contributed by atoms with Crippen molar-refractivity contribution in [3.8, 4) is 5.75 Å². The van der Waals surface area contributed by atoms with Crippen molar-refractivity contribution in [2.45, 2.75) is 17.4 Å². The third kappa shape index (κ3) is 5.91. The lowest BCUT2D eigenvalue weighted by Crippen LogP contribution is -2.31. The first-order chi connectivity index (χ1) is 14.4. The summed E-state index contributed by atoms with van der Waals surface area (Å²) in [4.78, 5) is 12.8. The van der Waals surface area contributed by atoms with Crippen LogP contribution in [0.1, 0.15) is 18.0 Å². The Morgan fingerprint density at radius 3 is 2.20 bits per heavy atom. The van der Waals surface area contributed by atoms with E-state index in [1.807, 2.05) is 6.07 Å². The molecule has 3 rings (SSSR count). The van der Waals surface area contributed by atoms with Crippen LogP contribution in [0, 0.1) is 0 Å². The van der Waals surface area contributed by atoms with E-state index in [1.54, 1.807) is 67.8 Å². The molecule has 0 aliphatic carbocycles. The number of carbonyl (C=O) groups is 1. The first-order valence-corrected chi connectivity index (χ1v) is 11.4. The molecule has 1 atom stereocenters. The maximum Gasteiger partial charge on any atom is 0.241 e. The number of amides is 1. The fourth-order valence-corrected chi connectivity index (χ4v) is 4.34. The molecule has 0 aliphatic rings. The molecule has 0 aromatic heterocycles. The molecule has 0 bridgehead atoms. The zero-order chi connectivity index (χ0) is 21.6. The van der Waals surface area contributed by atoms with E-state index in [4.69, 9.17) is 4.74 Å². The van der Waals surface area contributed by atoms with Crippen LogP contribution in [0.15, 0.2) is 88.2 Å². The maximum absolute atomic E-state index is 12.9. The molecular formula is C22H21BrN2O4S. The molecule has 3 aromatic carbocycles. The molecule has 0 fully saturated rings. The molecule has 1 amide bonds. The number of sulfonamides is 1. The van der Waals surface area contributed by atoms with Crippen LogP contribution in [0.2, 0.25) is 0 Å². The van der Waals surface area contributed by atoms with Crippen LogP contribution in [-0.4, -0.2) is 21.4 Å². The lowest BCUT2D eigenvalue weighted by atomic mass is 10.0. The van der Waals surface area contributed by atoms with Crippen molar-refractivity contribution < 1.29 is 17.9 Å². The summed E-state index contributed by atoms with van der Waals surface area (Å²) in [6, 6.07) is 21.5. The number of methoxy groups -OCH3 is 1. The van der Waals surface area contributed by atoms with Gasteiger partial charge >= 0.3 is 0 Å². The summed E-state index contributed by atoms with van der Waals surface area (Å²) in [6.07, 6.45) is -0.0637. The largest absolute Gasteiger partial charge is 0.497 e. The number of hydrogen-bond acceptors (Lipinski definition) is 4. The summed E-state index contributed by atoms with van der Waals surface area (Å²) in [5, 5.41) is 2.79. The summed E-state index contributed by atoms with van der Waals surface area (Å²) in [5.41, 5.74) is 1.30. The molecule has 156 valence electrons. The minimum absolute atomic E-state index is 0.0637. The molecule has 0 saturated heterocycles. The number of ether oxygens (including phenoxy) is 1. The number of rotatable bonds is 8. The molecule has 8 heteroatoms. The van der Waals surface area contributed by atoms with E-state index in [-0.39, 0.29) is 17.2 Å². The third-order valence-electron chi connectivity index (χ3n) is 4.39. The van der Waals surface area contributed by atoms with Gasteiger partial charge in [-0.05, 0) is 54.1 Å². The topological polar surface area (TPSA) is 84.5 Å². The quantitative estimate of drug-likeness (QED) is 0.488. The first kappa shape index (κ1) is 22.0. The zero-order valence-electron chi connectivity index (χ0n) is 16.2. The Morgan fingerprint density at radius 1 is 0.967 bits per heavy atom. The van der Waals surface area contributed by atoms with Gasteiger partial charge in [0.05, 0.1) is 18.0 Å². The maximum atomic E-state index is 12.9. The molecule has 0 heterocycles. The minimum atomic E-state index is -3.82. The van der Waals surface area contributed by atoms with E-state index in [0.29, 0.717) is 17.0 Å². The minimum Gasteiger partial charge on any atom is -0.497 e. The van der Waals surface area contributed by atoms with Crippen molar-refractivity contribution in [1.29, 1.82) is 0 Å². The summed E-state index contributed by atoms with van der Waals surface area (Å²) in [5.74, 6) is 0.366. The first-order valence-electron chi connectivity index (χ1n) is 9.14. The van der Waals surface area contributed by atoms with Gasteiger partial charge in [0.1, 0.15) is 5.75 Å². The van der Waals surface area contributed by atoms with E-state index in [9.17, 15) is 13.2 Å². The summed E-state index contributed by atoms with van der Waals surface area (Å²) >= 11 is 3.30. The Bertz CT molecular complexity index is 1090. The van der Waals surface area contributed by atoms with Gasteiger partial charge in [-0.2, -0.15) is 0 Å². The second-order valence-electron chi connectivity index (χ2n) is 6.52. The highest BCUT2D eigenvalue weighted by atomic mass is 79.9. The molecule has 0 spiro atoms. The van der Waals surface area contributed by atoms with Crippen molar-refractivity contribution in [1.82, 2.24) is 4.72 Å². The Labute approximate surface area is 184 Å². The smallest absolute Gasteiger partial charge is 0.241 e. The second-order valence-corrected chi connectivity index (χ2v) is 9.15. The molecule has 3 aromatic rings. The number of benzene rings is 3. The zero-order valence-corrected chi connectivity index (χ0v) is 18.6. The summed E-state index contributed by atoms with van der Waals surface area (Å²) < 4.78 is 34.3. The molecule has 1 unspecified atom stereocenters. The fourth-order valence-electron chi connectivity index (χ4n) is 2.85. The highest BCUT2D eigenvalue weighted by molar-refractivity contribution is 9.10. The standard InChI is InChI=1S/C22H21BrN2O4S/c1-29-19-11-9-18(10-12-19)24-22(26)15-21(16-5-3-2-4-6-16)25-30(27,28)20-13-7-17(23)8-14-20/h2-14,21,25H,15H2,1H3,(H,24,26). The van der Waals surface area contributed by atoms with Crippen LogP contribution in [-0.2, 0) is 14.8 Å². The number of nitrogens with one attached hydrogen (secondary N) is 2. The highest BCUT2D eigenvalue weighted by Gasteiger charge is 2.24. The van der Waals surface area contributed by atoms with Crippen molar-refractivity contribution >= 4 is 37.5 Å². The van der Waals surface area contributed by atoms with Gasteiger partial charge < -0.3 is 10.1 Å². The van der Waals surface area contributed by atoms with Crippen LogP contribution >= 0.6 is 15.9 Å². The number of anilines is 1. The molecule has 6 nitrogen and oxygen atoms in total. The van der Waals surface area contributed by atoms with Gasteiger partial charge in [-0.25, -0.2) is 13.1 Å². The number of carbonyl (C=O) groups excluding carboxylic acids is 1. The van der Waals surface area contributed by atoms with Crippen molar-refractivity contribution in [3.63, 3.8) is 0 Å². The van der Waals surface area contributed by atoms with E-state index >= 15 is 0 Å². The Kier molecular flexibility index (Phi) is 7.25. The van der Waals surface area contributed by atoms with E-state index < -0.39 is 16.1 Å². The Hall–Kier alpha value is -2.68. The van der Waals surface area contributed by atoms with Crippen LogP contribution in [0.25, 0.3) is 0 Å². The van der Waals surface area contributed by atoms with Gasteiger partial charge in [-0.3, -0.25) is 4.79 Å². The number of halogens is 1. The van der Waals surface area contributed by atoms with Gasteiger partial charge in [0.2, 0.25) is 15.9 Å². The molecule has 0 aliphatic heterocycles. The van der Waals surface area contributed by atoms with Crippen LogP contribution in [0.5, 0.6) is 5.75 Å². The lowest BCUT2D eigenvalue weighted by Gasteiger charge is -2.19. The van der Waals surface area contributed by atoms with E-state index in [2.05, 4.69) is 26.0 Å². The lowest BCUT2D eigenvalue weighted by molar-refractivity contribution is -0.116. The van der Waals surface area contributed by atoms with Gasteiger partial charge in [-0.1, -0.05) is 46.3 Å². The van der Waals surface area contributed by atoms with Crippen LogP contribution in [0.4, 0.5) is 5.69 Å². The molecule has 0 radical (unpaired) electrons. The third-order valence-corrected chi connectivity index (χ3v) is 6.40. The van der Waals surface area contributed by atoms with Crippen molar-refractivity contribution in [2.24, 2.45) is 0 Å². The molecular weight excluding hydrogens is 468 g/mol. The Morgan fingerprint density at radius 2 is 1.60 bits per heavy atom. The van der Waals surface area contributed by atoms with Gasteiger partial charge in [-0.15, -0.1) is 0 Å². The van der Waals surface area contributed by atoms with Crippen LogP contribution in [0.3, 0.4) is 0 Å². The van der Waals surface area contributed by atoms with Crippen LogP contribution < -0.4 is 14.8 Å². The van der Waals surface area contributed by atoms with Gasteiger partial charge in [0.25, 0.3) is 0 Å². The molecule has 2 N–H and O–H groups in total. The van der Waals surface area contributed by atoms with Crippen molar-refractivity contribution in [2.75, 3.05) is 12.4 Å². The van der Waals surface area contributed by atoms with Gasteiger partial charge in [0, 0.05) is 16.6 Å². The monoisotopic (exact) mass is 488 g/mol. The van der Waals surface area contributed by atoms with E-state index in [0.717, 1.165) is 4.47 Å².